The van der Waals surface area contributed by atoms with Crippen LogP contribution in [-0.4, -0.2) is 44.3 Å². The molecule has 1 aliphatic rings. The second-order valence-corrected chi connectivity index (χ2v) is 4.98. The molecule has 0 saturated carbocycles. The van der Waals surface area contributed by atoms with Crippen LogP contribution >= 0.6 is 0 Å². The highest BCUT2D eigenvalue weighted by molar-refractivity contribution is 5.87. The van der Waals surface area contributed by atoms with Gasteiger partial charge in [-0.05, 0) is 32.3 Å². The summed E-state index contributed by atoms with van der Waals surface area (Å²) in [6.07, 6.45) is 3.91. The molecule has 1 N–H and O–H groups in total. The van der Waals surface area contributed by atoms with E-state index >= 15 is 0 Å². The second-order valence-electron chi connectivity index (χ2n) is 4.98. The van der Waals surface area contributed by atoms with Crippen LogP contribution in [-0.2, 0) is 16.6 Å². The standard InChI is InChI=1S/C13H19N3O3/c1-9(10-6-7-14-15(10)2)12(17)16-8-4-3-5-11(16)13(18)19/h6-7,9,11H,3-5,8H2,1-2H3,(H,18,19). The number of aryl methyl sites for hydroxylation is 1. The number of carboxylic acid groups (broad SMARTS) is 1. The van der Waals surface area contributed by atoms with Gasteiger partial charge in [-0.2, -0.15) is 5.10 Å². The number of hydrogen-bond donors (Lipinski definition) is 1. The maximum absolute atomic E-state index is 12.5. The molecule has 1 amide bonds. The maximum atomic E-state index is 12.5. The molecule has 1 aromatic rings. The summed E-state index contributed by atoms with van der Waals surface area (Å²) in [5.41, 5.74) is 0.805. The monoisotopic (exact) mass is 265 g/mol. The molecule has 0 radical (unpaired) electrons. The molecule has 2 heterocycles. The summed E-state index contributed by atoms with van der Waals surface area (Å²) in [5.74, 6) is -1.41. The summed E-state index contributed by atoms with van der Waals surface area (Å²) in [6, 6.07) is 1.11. The first-order chi connectivity index (χ1) is 9.02. The van der Waals surface area contributed by atoms with E-state index in [-0.39, 0.29) is 11.8 Å². The van der Waals surface area contributed by atoms with Gasteiger partial charge >= 0.3 is 5.97 Å². The van der Waals surface area contributed by atoms with E-state index in [9.17, 15) is 14.7 Å². The molecule has 0 aromatic carbocycles. The molecule has 19 heavy (non-hydrogen) atoms. The molecule has 6 nitrogen and oxygen atoms in total. The molecule has 1 fully saturated rings. The number of rotatable bonds is 3. The lowest BCUT2D eigenvalue weighted by atomic mass is 9.98. The minimum absolute atomic E-state index is 0.129. The third-order valence-electron chi connectivity index (χ3n) is 3.74. The van der Waals surface area contributed by atoms with Crippen LogP contribution in [0.4, 0.5) is 0 Å². The molecule has 0 bridgehead atoms. The van der Waals surface area contributed by atoms with E-state index in [2.05, 4.69) is 5.10 Å². The van der Waals surface area contributed by atoms with E-state index < -0.39 is 12.0 Å². The van der Waals surface area contributed by atoms with Crippen LogP contribution in [0.2, 0.25) is 0 Å². The van der Waals surface area contributed by atoms with Gasteiger partial charge in [0.05, 0.1) is 11.6 Å². The Morgan fingerprint density at radius 2 is 2.21 bits per heavy atom. The number of carbonyl (C=O) groups excluding carboxylic acids is 1. The number of piperidine rings is 1. The van der Waals surface area contributed by atoms with Crippen molar-refractivity contribution in [1.82, 2.24) is 14.7 Å². The number of likely N-dealkylation sites (tertiary alicyclic amines) is 1. The van der Waals surface area contributed by atoms with Gasteiger partial charge in [0.25, 0.3) is 0 Å². The largest absolute Gasteiger partial charge is 0.480 e. The molecule has 1 aromatic heterocycles. The summed E-state index contributed by atoms with van der Waals surface area (Å²) in [4.78, 5) is 25.2. The zero-order chi connectivity index (χ0) is 14.0. The molecular formula is C13H19N3O3. The van der Waals surface area contributed by atoms with Crippen LogP contribution in [0.1, 0.15) is 37.8 Å². The predicted molar refractivity (Wildman–Crippen MR) is 68.6 cm³/mol. The smallest absolute Gasteiger partial charge is 0.326 e. The summed E-state index contributed by atoms with van der Waals surface area (Å²) in [7, 11) is 1.78. The van der Waals surface area contributed by atoms with Crippen molar-refractivity contribution >= 4 is 11.9 Å². The van der Waals surface area contributed by atoms with Gasteiger partial charge in [-0.1, -0.05) is 0 Å². The van der Waals surface area contributed by atoms with Gasteiger partial charge in [-0.15, -0.1) is 0 Å². The van der Waals surface area contributed by atoms with Gasteiger partial charge in [0.2, 0.25) is 5.91 Å². The number of carbonyl (C=O) groups is 2. The quantitative estimate of drug-likeness (QED) is 0.884. The zero-order valence-electron chi connectivity index (χ0n) is 11.2. The number of carboxylic acids is 1. The lowest BCUT2D eigenvalue weighted by molar-refractivity contribution is -0.152. The van der Waals surface area contributed by atoms with E-state index in [0.717, 1.165) is 18.5 Å². The van der Waals surface area contributed by atoms with Crippen molar-refractivity contribution in [1.29, 1.82) is 0 Å². The van der Waals surface area contributed by atoms with E-state index in [1.807, 2.05) is 0 Å². The first-order valence-corrected chi connectivity index (χ1v) is 6.53. The molecule has 2 atom stereocenters. The van der Waals surface area contributed by atoms with Crippen LogP contribution in [0.3, 0.4) is 0 Å². The van der Waals surface area contributed by atoms with Crippen molar-refractivity contribution in [2.45, 2.75) is 38.1 Å². The average molecular weight is 265 g/mol. The normalized spacial score (nSPS) is 21.2. The maximum Gasteiger partial charge on any atom is 0.326 e. The Bertz CT molecular complexity index is 483. The number of aliphatic carboxylic acids is 1. The summed E-state index contributed by atoms with van der Waals surface area (Å²) < 4.78 is 1.66. The summed E-state index contributed by atoms with van der Waals surface area (Å²) >= 11 is 0. The summed E-state index contributed by atoms with van der Waals surface area (Å²) in [6.45, 7) is 2.32. The number of nitrogens with zero attached hydrogens (tertiary/aromatic N) is 3. The van der Waals surface area contributed by atoms with Crippen LogP contribution in [0.5, 0.6) is 0 Å². The van der Waals surface area contributed by atoms with E-state index in [1.54, 1.807) is 30.9 Å². The molecule has 6 heteroatoms. The van der Waals surface area contributed by atoms with Gasteiger partial charge in [0.15, 0.2) is 0 Å². The number of hydrogen-bond acceptors (Lipinski definition) is 3. The minimum atomic E-state index is -0.912. The van der Waals surface area contributed by atoms with E-state index in [0.29, 0.717) is 13.0 Å². The average Bonchev–Trinajstić information content (AvgIpc) is 2.83. The Hall–Kier alpha value is -1.85. The van der Waals surface area contributed by atoms with Crippen molar-refractivity contribution in [2.75, 3.05) is 6.54 Å². The fourth-order valence-electron chi connectivity index (χ4n) is 2.64. The molecule has 104 valence electrons. The van der Waals surface area contributed by atoms with Crippen LogP contribution in [0, 0.1) is 0 Å². The minimum Gasteiger partial charge on any atom is -0.480 e. The Morgan fingerprint density at radius 1 is 1.47 bits per heavy atom. The molecule has 1 aliphatic heterocycles. The topological polar surface area (TPSA) is 75.4 Å². The highest BCUT2D eigenvalue weighted by Crippen LogP contribution is 2.23. The van der Waals surface area contributed by atoms with Gasteiger partial charge in [0, 0.05) is 19.8 Å². The molecule has 0 spiro atoms. The fraction of sp³-hybridized carbons (Fsp3) is 0.615. The fourth-order valence-corrected chi connectivity index (χ4v) is 2.64. The Morgan fingerprint density at radius 3 is 2.79 bits per heavy atom. The van der Waals surface area contributed by atoms with Crippen molar-refractivity contribution < 1.29 is 14.7 Å². The van der Waals surface area contributed by atoms with Crippen LogP contribution in [0.25, 0.3) is 0 Å². The second kappa shape index (κ2) is 5.42. The SMILES string of the molecule is CC(C(=O)N1CCCCC1C(=O)O)c1ccnn1C. The van der Waals surface area contributed by atoms with Crippen molar-refractivity contribution in [2.24, 2.45) is 7.05 Å². The van der Waals surface area contributed by atoms with Crippen molar-refractivity contribution in [3.8, 4) is 0 Å². The first kappa shape index (κ1) is 13.6. The van der Waals surface area contributed by atoms with E-state index in [4.69, 9.17) is 0 Å². The highest BCUT2D eigenvalue weighted by atomic mass is 16.4. The third kappa shape index (κ3) is 2.62. The van der Waals surface area contributed by atoms with Crippen LogP contribution < -0.4 is 0 Å². The van der Waals surface area contributed by atoms with Gasteiger partial charge in [-0.25, -0.2) is 4.79 Å². The first-order valence-electron chi connectivity index (χ1n) is 6.53. The Labute approximate surface area is 112 Å². The Balaban J connectivity index is 2.18. The predicted octanol–water partition coefficient (Wildman–Crippen LogP) is 0.989. The van der Waals surface area contributed by atoms with Gasteiger partial charge in [0.1, 0.15) is 6.04 Å². The Kier molecular flexibility index (Phi) is 3.87. The van der Waals surface area contributed by atoms with Crippen molar-refractivity contribution in [3.63, 3.8) is 0 Å². The highest BCUT2D eigenvalue weighted by Gasteiger charge is 2.34. The van der Waals surface area contributed by atoms with Crippen molar-refractivity contribution in [3.05, 3.63) is 18.0 Å². The van der Waals surface area contributed by atoms with Gasteiger partial charge < -0.3 is 10.0 Å². The molecule has 2 unspecified atom stereocenters. The lowest BCUT2D eigenvalue weighted by Crippen LogP contribution is -2.49. The summed E-state index contributed by atoms with van der Waals surface area (Å²) in [5, 5.41) is 13.3. The molecular weight excluding hydrogens is 246 g/mol. The van der Waals surface area contributed by atoms with Crippen LogP contribution in [0.15, 0.2) is 12.3 Å². The molecule has 1 saturated heterocycles. The number of amides is 1. The molecule has 0 aliphatic carbocycles. The zero-order valence-corrected chi connectivity index (χ0v) is 11.2. The number of aromatic nitrogens is 2. The van der Waals surface area contributed by atoms with E-state index in [1.165, 1.54) is 4.90 Å². The third-order valence-corrected chi connectivity index (χ3v) is 3.74. The lowest BCUT2D eigenvalue weighted by Gasteiger charge is -2.34. The van der Waals surface area contributed by atoms with Gasteiger partial charge in [-0.3, -0.25) is 9.48 Å². The molecule has 2 rings (SSSR count).